The van der Waals surface area contributed by atoms with E-state index in [-0.39, 0.29) is 5.82 Å². The number of hydrogen-bond acceptors (Lipinski definition) is 4. The molecular weight excluding hydrogens is 288 g/mol. The minimum Gasteiger partial charge on any atom is -0.606 e. The van der Waals surface area contributed by atoms with Crippen molar-refractivity contribution in [3.05, 3.63) is 54.4 Å². The second-order valence-corrected chi connectivity index (χ2v) is 5.82. The van der Waals surface area contributed by atoms with Crippen molar-refractivity contribution < 1.29 is 14.1 Å². The molecular formula is C15H12N2O3S. The van der Waals surface area contributed by atoms with Crippen LogP contribution in [0.3, 0.4) is 0 Å². The van der Waals surface area contributed by atoms with Gasteiger partial charge in [-0.1, -0.05) is 18.2 Å². The monoisotopic (exact) mass is 300 g/mol. The van der Waals surface area contributed by atoms with Crippen LogP contribution in [0.4, 0.5) is 0 Å². The molecule has 5 nitrogen and oxygen atoms in total. The van der Waals surface area contributed by atoms with Crippen LogP contribution in [-0.4, -0.2) is 27.6 Å². The minimum absolute atomic E-state index is 0.134. The van der Waals surface area contributed by atoms with E-state index < -0.39 is 17.1 Å². The lowest BCUT2D eigenvalue weighted by atomic mass is 10.3. The summed E-state index contributed by atoms with van der Waals surface area (Å²) in [6, 6.07) is 14.4. The average molecular weight is 300 g/mol. The van der Waals surface area contributed by atoms with Crippen molar-refractivity contribution >= 4 is 28.2 Å². The molecule has 0 bridgehead atoms. The first-order valence-electron chi connectivity index (χ1n) is 6.24. The number of methoxy groups -OCH3 is 1. The molecule has 21 heavy (non-hydrogen) atoms. The maximum atomic E-state index is 12.5. The maximum absolute atomic E-state index is 12.5. The topological polar surface area (TPSA) is 78.0 Å². The third kappa shape index (κ3) is 2.63. The van der Waals surface area contributed by atoms with Crippen LogP contribution in [0.1, 0.15) is 10.6 Å². The summed E-state index contributed by atoms with van der Waals surface area (Å²) in [6.07, 6.45) is 0. The first-order chi connectivity index (χ1) is 10.2. The molecule has 0 spiro atoms. The summed E-state index contributed by atoms with van der Waals surface area (Å²) in [6.45, 7) is 0. The Kier molecular flexibility index (Phi) is 3.64. The number of aromatic amines is 1. The first kappa shape index (κ1) is 13.7. The van der Waals surface area contributed by atoms with Crippen molar-refractivity contribution in [3.8, 4) is 0 Å². The third-order valence-corrected chi connectivity index (χ3v) is 4.39. The van der Waals surface area contributed by atoms with Gasteiger partial charge in [-0.15, -0.1) is 0 Å². The molecule has 0 aliphatic heterocycles. The Bertz CT molecular complexity index is 786. The maximum Gasteiger partial charge on any atom is 0.374 e. The fourth-order valence-electron chi connectivity index (χ4n) is 1.97. The van der Waals surface area contributed by atoms with E-state index >= 15 is 0 Å². The summed E-state index contributed by atoms with van der Waals surface area (Å²) in [4.78, 5) is 19.8. The molecule has 0 fully saturated rings. The summed E-state index contributed by atoms with van der Waals surface area (Å²) >= 11 is -1.28. The molecule has 1 unspecified atom stereocenters. The van der Waals surface area contributed by atoms with E-state index in [1.165, 1.54) is 7.11 Å². The van der Waals surface area contributed by atoms with Gasteiger partial charge in [-0.05, 0) is 24.3 Å². The Balaban J connectivity index is 1.99. The second kappa shape index (κ2) is 5.59. The van der Waals surface area contributed by atoms with Gasteiger partial charge in [0.15, 0.2) is 9.79 Å². The molecule has 0 saturated carbocycles. The number of carbonyl (C=O) groups is 1. The summed E-state index contributed by atoms with van der Waals surface area (Å²) in [5, 5.41) is 0. The number of nitrogens with one attached hydrogen (secondary N) is 1. The minimum atomic E-state index is -1.28. The van der Waals surface area contributed by atoms with Crippen molar-refractivity contribution in [3.63, 3.8) is 0 Å². The van der Waals surface area contributed by atoms with Gasteiger partial charge in [-0.2, -0.15) is 0 Å². The van der Waals surface area contributed by atoms with E-state index in [2.05, 4.69) is 14.7 Å². The second-order valence-electron chi connectivity index (χ2n) is 4.34. The van der Waals surface area contributed by atoms with Crippen molar-refractivity contribution in [2.45, 2.75) is 9.79 Å². The Morgan fingerprint density at radius 1 is 1.19 bits per heavy atom. The fraction of sp³-hybridized carbons (Fsp3) is 0.0667. The standard InChI is InChI=1S/C15H12N2O3S/c1-20-15(18)14-16-12-8-7-11(9-13(12)17-14)21(19)10-5-3-2-4-6-10/h2-9H,1H3,(H,16,17). The van der Waals surface area contributed by atoms with Crippen LogP contribution in [0.2, 0.25) is 0 Å². The van der Waals surface area contributed by atoms with Crippen LogP contribution >= 0.6 is 0 Å². The number of nitrogens with zero attached hydrogens (tertiary/aromatic N) is 1. The summed E-state index contributed by atoms with van der Waals surface area (Å²) in [7, 11) is 1.30. The quantitative estimate of drug-likeness (QED) is 0.595. The summed E-state index contributed by atoms with van der Waals surface area (Å²) < 4.78 is 17.1. The molecule has 6 heteroatoms. The SMILES string of the molecule is COC(=O)c1nc2cc([S+]([O-])c3ccccc3)ccc2[nH]1. The van der Waals surface area contributed by atoms with Gasteiger partial charge < -0.3 is 14.3 Å². The van der Waals surface area contributed by atoms with E-state index in [4.69, 9.17) is 0 Å². The van der Waals surface area contributed by atoms with Gasteiger partial charge in [0.2, 0.25) is 5.82 Å². The van der Waals surface area contributed by atoms with Crippen LogP contribution in [0, 0.1) is 0 Å². The highest BCUT2D eigenvalue weighted by Crippen LogP contribution is 2.23. The molecule has 3 rings (SSSR count). The van der Waals surface area contributed by atoms with Gasteiger partial charge >= 0.3 is 5.97 Å². The normalized spacial score (nSPS) is 12.3. The predicted octanol–water partition coefficient (Wildman–Crippen LogP) is 2.52. The van der Waals surface area contributed by atoms with Gasteiger partial charge in [0.1, 0.15) is 0 Å². The summed E-state index contributed by atoms with van der Waals surface area (Å²) in [5.74, 6) is -0.396. The molecule has 0 amide bonds. The van der Waals surface area contributed by atoms with E-state index in [0.717, 1.165) is 4.90 Å². The lowest BCUT2D eigenvalue weighted by Gasteiger charge is -2.09. The molecule has 1 atom stereocenters. The molecule has 0 radical (unpaired) electrons. The molecule has 0 saturated heterocycles. The number of benzene rings is 2. The zero-order valence-electron chi connectivity index (χ0n) is 11.2. The molecule has 3 aromatic rings. The van der Waals surface area contributed by atoms with Gasteiger partial charge in [-0.25, -0.2) is 9.78 Å². The Morgan fingerprint density at radius 3 is 2.67 bits per heavy atom. The van der Waals surface area contributed by atoms with Crippen molar-refractivity contribution in [1.29, 1.82) is 0 Å². The first-order valence-corrected chi connectivity index (χ1v) is 7.39. The molecule has 0 aliphatic rings. The number of rotatable bonds is 3. The van der Waals surface area contributed by atoms with Crippen molar-refractivity contribution in [2.75, 3.05) is 7.11 Å². The highest BCUT2D eigenvalue weighted by Gasteiger charge is 2.17. The predicted molar refractivity (Wildman–Crippen MR) is 78.5 cm³/mol. The Morgan fingerprint density at radius 2 is 1.95 bits per heavy atom. The van der Waals surface area contributed by atoms with Crippen LogP contribution in [0.5, 0.6) is 0 Å². The number of carbonyl (C=O) groups excluding carboxylic acids is 1. The highest BCUT2D eigenvalue weighted by molar-refractivity contribution is 7.91. The van der Waals surface area contributed by atoms with Crippen LogP contribution in [0.25, 0.3) is 11.0 Å². The molecule has 0 aliphatic carbocycles. The molecule has 1 N–H and O–H groups in total. The van der Waals surface area contributed by atoms with Gasteiger partial charge in [0.25, 0.3) is 0 Å². The van der Waals surface area contributed by atoms with E-state index in [1.807, 2.05) is 30.3 Å². The van der Waals surface area contributed by atoms with Crippen LogP contribution < -0.4 is 0 Å². The van der Waals surface area contributed by atoms with Crippen LogP contribution in [0.15, 0.2) is 58.3 Å². The molecule has 1 heterocycles. The largest absolute Gasteiger partial charge is 0.606 e. The Hall–Kier alpha value is -2.31. The average Bonchev–Trinajstić information content (AvgIpc) is 2.97. The molecule has 1 aromatic heterocycles. The van der Waals surface area contributed by atoms with E-state index in [0.29, 0.717) is 15.9 Å². The van der Waals surface area contributed by atoms with E-state index in [1.54, 1.807) is 18.2 Å². The number of aromatic nitrogens is 2. The lowest BCUT2D eigenvalue weighted by Crippen LogP contribution is -2.02. The lowest BCUT2D eigenvalue weighted by molar-refractivity contribution is 0.0588. The van der Waals surface area contributed by atoms with Crippen LogP contribution in [-0.2, 0) is 15.9 Å². The zero-order chi connectivity index (χ0) is 14.8. The molecule has 2 aromatic carbocycles. The number of hydrogen-bond donors (Lipinski definition) is 1. The number of imidazole rings is 1. The smallest absolute Gasteiger partial charge is 0.374 e. The highest BCUT2D eigenvalue weighted by atomic mass is 32.2. The van der Waals surface area contributed by atoms with Gasteiger partial charge in [0.05, 0.1) is 18.1 Å². The van der Waals surface area contributed by atoms with Crippen molar-refractivity contribution in [1.82, 2.24) is 9.97 Å². The Labute approximate surface area is 124 Å². The fourth-order valence-corrected chi connectivity index (χ4v) is 3.06. The number of H-pyrrole nitrogens is 1. The molecule has 106 valence electrons. The number of ether oxygens (including phenoxy) is 1. The third-order valence-electron chi connectivity index (χ3n) is 3.00. The van der Waals surface area contributed by atoms with Gasteiger partial charge in [0, 0.05) is 17.2 Å². The van der Waals surface area contributed by atoms with E-state index in [9.17, 15) is 9.35 Å². The summed E-state index contributed by atoms with van der Waals surface area (Å²) in [5.41, 5.74) is 1.28. The number of esters is 1. The van der Waals surface area contributed by atoms with Gasteiger partial charge in [-0.3, -0.25) is 0 Å². The zero-order valence-corrected chi connectivity index (χ0v) is 12.0. The number of fused-ring (bicyclic) bond motifs is 1. The van der Waals surface area contributed by atoms with Crippen molar-refractivity contribution in [2.24, 2.45) is 0 Å².